The molecule has 1 atom stereocenters. The van der Waals surface area contributed by atoms with Gasteiger partial charge in [0.25, 0.3) is 5.91 Å². The van der Waals surface area contributed by atoms with Crippen LogP contribution in [-0.4, -0.2) is 63.4 Å². The van der Waals surface area contributed by atoms with Crippen LogP contribution in [0.15, 0.2) is 55.1 Å². The van der Waals surface area contributed by atoms with Crippen LogP contribution < -0.4 is 4.74 Å². The number of benzene rings is 1. The highest BCUT2D eigenvalue weighted by atomic mass is 16.5. The molecule has 1 fully saturated rings. The predicted molar refractivity (Wildman–Crippen MR) is 117 cm³/mol. The summed E-state index contributed by atoms with van der Waals surface area (Å²) < 4.78 is 5.32. The van der Waals surface area contributed by atoms with E-state index in [0.29, 0.717) is 11.6 Å². The molecule has 1 saturated heterocycles. The molecule has 160 valence electrons. The Hall–Kier alpha value is -3.19. The Balaban J connectivity index is 1.28. The van der Waals surface area contributed by atoms with E-state index in [0.717, 1.165) is 50.5 Å². The Kier molecular flexibility index (Phi) is 5.42. The lowest BCUT2D eigenvalue weighted by Gasteiger charge is -2.42. The highest BCUT2D eigenvalue weighted by Gasteiger charge is 2.34. The van der Waals surface area contributed by atoms with Crippen LogP contribution in [0.4, 0.5) is 0 Å². The Morgan fingerprint density at radius 1 is 1.10 bits per heavy atom. The predicted octanol–water partition coefficient (Wildman–Crippen LogP) is 3.07. The van der Waals surface area contributed by atoms with Crippen molar-refractivity contribution in [1.29, 1.82) is 0 Å². The largest absolute Gasteiger partial charge is 0.497 e. The van der Waals surface area contributed by atoms with E-state index in [1.54, 1.807) is 38.0 Å². The van der Waals surface area contributed by atoms with Gasteiger partial charge in [0.15, 0.2) is 0 Å². The number of aromatic amines is 1. The molecule has 7 nitrogen and oxygen atoms in total. The molecule has 4 heterocycles. The fourth-order valence-electron chi connectivity index (χ4n) is 4.84. The van der Waals surface area contributed by atoms with Gasteiger partial charge >= 0.3 is 0 Å². The maximum atomic E-state index is 12.8. The van der Waals surface area contributed by atoms with Gasteiger partial charge in [0.2, 0.25) is 0 Å². The standard InChI is InChI=1S/C24H27N5O2/c1-31-20-4-2-17(3-5-20)21-14-29(15-22-23(21)27-16-26-22)19-8-12-28(13-9-19)24(30)18-6-10-25-11-7-18/h2-7,10-11,16,19,21H,8-9,12-15H2,1H3,(H,26,27). The normalized spacial score (nSPS) is 19.8. The summed E-state index contributed by atoms with van der Waals surface area (Å²) in [6.07, 6.45) is 7.12. The van der Waals surface area contributed by atoms with Crippen molar-refractivity contribution in [2.75, 3.05) is 26.7 Å². The highest BCUT2D eigenvalue weighted by molar-refractivity contribution is 5.94. The number of carbonyl (C=O) groups is 1. The quantitative estimate of drug-likeness (QED) is 0.706. The molecule has 2 aliphatic rings. The average Bonchev–Trinajstić information content (AvgIpc) is 3.32. The lowest BCUT2D eigenvalue weighted by molar-refractivity contribution is 0.0586. The van der Waals surface area contributed by atoms with E-state index < -0.39 is 0 Å². The molecule has 5 rings (SSSR count). The van der Waals surface area contributed by atoms with Gasteiger partial charge in [0, 0.05) is 56.1 Å². The van der Waals surface area contributed by atoms with Crippen LogP contribution in [0.25, 0.3) is 0 Å². The molecule has 0 radical (unpaired) electrons. The molecule has 0 aliphatic carbocycles. The van der Waals surface area contributed by atoms with Gasteiger partial charge < -0.3 is 14.6 Å². The van der Waals surface area contributed by atoms with Crippen molar-refractivity contribution >= 4 is 5.91 Å². The van der Waals surface area contributed by atoms with E-state index in [4.69, 9.17) is 4.74 Å². The first-order chi connectivity index (χ1) is 15.2. The van der Waals surface area contributed by atoms with Gasteiger partial charge in [-0.1, -0.05) is 12.1 Å². The van der Waals surface area contributed by atoms with Crippen molar-refractivity contribution in [1.82, 2.24) is 24.8 Å². The highest BCUT2D eigenvalue weighted by Crippen LogP contribution is 2.34. The minimum atomic E-state index is 0.103. The molecule has 1 unspecified atom stereocenters. The minimum absolute atomic E-state index is 0.103. The molecule has 3 aromatic rings. The topological polar surface area (TPSA) is 74.3 Å². The lowest BCUT2D eigenvalue weighted by Crippen LogP contribution is -2.49. The molecular formula is C24H27N5O2. The Morgan fingerprint density at radius 3 is 2.55 bits per heavy atom. The van der Waals surface area contributed by atoms with Gasteiger partial charge in [0.1, 0.15) is 5.75 Å². The summed E-state index contributed by atoms with van der Waals surface area (Å²) in [5.74, 6) is 1.20. The van der Waals surface area contributed by atoms with Crippen molar-refractivity contribution in [3.8, 4) is 5.75 Å². The Bertz CT molecular complexity index is 1030. The summed E-state index contributed by atoms with van der Waals surface area (Å²) in [6, 6.07) is 12.4. The van der Waals surface area contributed by atoms with Crippen molar-refractivity contribution in [2.24, 2.45) is 0 Å². The van der Waals surface area contributed by atoms with E-state index in [1.807, 2.05) is 17.0 Å². The summed E-state index contributed by atoms with van der Waals surface area (Å²) >= 11 is 0. The molecule has 0 bridgehead atoms. The second kappa shape index (κ2) is 8.51. The number of piperidine rings is 1. The maximum absolute atomic E-state index is 12.8. The maximum Gasteiger partial charge on any atom is 0.253 e. The number of ether oxygens (including phenoxy) is 1. The van der Waals surface area contributed by atoms with Crippen LogP contribution in [0.1, 0.15) is 46.1 Å². The number of hydrogen-bond acceptors (Lipinski definition) is 5. The van der Waals surface area contributed by atoms with Crippen LogP contribution in [0, 0.1) is 0 Å². The summed E-state index contributed by atoms with van der Waals surface area (Å²) in [5.41, 5.74) is 4.31. The number of pyridine rings is 1. The first-order valence-corrected chi connectivity index (χ1v) is 10.8. The number of hydrogen-bond donors (Lipinski definition) is 1. The Labute approximate surface area is 182 Å². The summed E-state index contributed by atoms with van der Waals surface area (Å²) in [5, 5.41) is 0. The van der Waals surface area contributed by atoms with E-state index >= 15 is 0 Å². The number of imidazole rings is 1. The van der Waals surface area contributed by atoms with Gasteiger partial charge in [-0.3, -0.25) is 14.7 Å². The van der Waals surface area contributed by atoms with Crippen molar-refractivity contribution < 1.29 is 9.53 Å². The lowest BCUT2D eigenvalue weighted by atomic mass is 9.89. The van der Waals surface area contributed by atoms with Crippen LogP contribution in [0.2, 0.25) is 0 Å². The van der Waals surface area contributed by atoms with Gasteiger partial charge in [-0.2, -0.15) is 0 Å². The van der Waals surface area contributed by atoms with Crippen molar-refractivity contribution in [3.63, 3.8) is 0 Å². The van der Waals surface area contributed by atoms with Gasteiger partial charge in [0.05, 0.1) is 24.8 Å². The fourth-order valence-corrected chi connectivity index (χ4v) is 4.84. The van der Waals surface area contributed by atoms with Gasteiger partial charge in [-0.15, -0.1) is 0 Å². The second-order valence-electron chi connectivity index (χ2n) is 8.28. The van der Waals surface area contributed by atoms with E-state index in [9.17, 15) is 4.79 Å². The molecule has 1 N–H and O–H groups in total. The molecule has 1 aromatic carbocycles. The molecular weight excluding hydrogens is 390 g/mol. The van der Waals surface area contributed by atoms with Crippen LogP contribution >= 0.6 is 0 Å². The molecule has 1 amide bonds. The third kappa shape index (κ3) is 3.93. The van der Waals surface area contributed by atoms with E-state index in [-0.39, 0.29) is 11.8 Å². The summed E-state index contributed by atoms with van der Waals surface area (Å²) in [7, 11) is 1.69. The molecule has 2 aliphatic heterocycles. The molecule has 7 heteroatoms. The molecule has 0 spiro atoms. The Morgan fingerprint density at radius 2 is 1.84 bits per heavy atom. The molecule has 0 saturated carbocycles. The first kappa shape index (κ1) is 19.8. The monoisotopic (exact) mass is 417 g/mol. The number of carbonyl (C=O) groups excluding carboxylic acids is 1. The van der Waals surface area contributed by atoms with Crippen LogP contribution in [-0.2, 0) is 6.54 Å². The van der Waals surface area contributed by atoms with Crippen molar-refractivity contribution in [3.05, 3.63) is 77.6 Å². The number of H-pyrrole nitrogens is 1. The number of likely N-dealkylation sites (tertiary alicyclic amines) is 1. The van der Waals surface area contributed by atoms with E-state index in [2.05, 4.69) is 32.0 Å². The second-order valence-corrected chi connectivity index (χ2v) is 8.28. The fraction of sp³-hybridized carbons (Fsp3) is 0.375. The van der Waals surface area contributed by atoms with Crippen LogP contribution in [0.5, 0.6) is 5.75 Å². The number of rotatable bonds is 4. The van der Waals surface area contributed by atoms with E-state index in [1.165, 1.54) is 11.3 Å². The zero-order chi connectivity index (χ0) is 21.2. The SMILES string of the molecule is COc1ccc(C2CN(C3CCN(C(=O)c4ccncc4)CC3)Cc3[nH]cnc32)cc1. The molecule has 31 heavy (non-hydrogen) atoms. The smallest absolute Gasteiger partial charge is 0.253 e. The third-order valence-electron chi connectivity index (χ3n) is 6.57. The zero-order valence-electron chi connectivity index (χ0n) is 17.7. The third-order valence-corrected chi connectivity index (χ3v) is 6.57. The van der Waals surface area contributed by atoms with Gasteiger partial charge in [-0.05, 0) is 42.7 Å². The number of fused-ring (bicyclic) bond motifs is 1. The zero-order valence-corrected chi connectivity index (χ0v) is 17.7. The average molecular weight is 418 g/mol. The number of methoxy groups -OCH3 is 1. The van der Waals surface area contributed by atoms with Crippen LogP contribution in [0.3, 0.4) is 0 Å². The first-order valence-electron chi connectivity index (χ1n) is 10.8. The number of aromatic nitrogens is 3. The molecule has 2 aromatic heterocycles. The summed E-state index contributed by atoms with van der Waals surface area (Å²) in [4.78, 5) is 29.3. The number of nitrogens with zero attached hydrogens (tertiary/aromatic N) is 4. The van der Waals surface area contributed by atoms with Gasteiger partial charge in [-0.25, -0.2) is 4.98 Å². The number of amides is 1. The number of nitrogens with one attached hydrogen (secondary N) is 1. The summed E-state index contributed by atoms with van der Waals surface area (Å²) in [6.45, 7) is 3.38. The van der Waals surface area contributed by atoms with Crippen molar-refractivity contribution in [2.45, 2.75) is 31.3 Å². The minimum Gasteiger partial charge on any atom is -0.497 e.